The molecule has 0 aromatic heterocycles. The van der Waals surface area contributed by atoms with E-state index >= 15 is 0 Å². The number of anilines is 1. The van der Waals surface area contributed by atoms with Gasteiger partial charge in [-0.15, -0.1) is 0 Å². The maximum Gasteiger partial charge on any atom is 0.244 e. The molecule has 2 rings (SSSR count). The van der Waals surface area contributed by atoms with Crippen molar-refractivity contribution >= 4 is 11.6 Å². The van der Waals surface area contributed by atoms with Gasteiger partial charge in [0.25, 0.3) is 0 Å². The topological polar surface area (TPSA) is 44.1 Å². The van der Waals surface area contributed by atoms with Crippen molar-refractivity contribution in [3.05, 3.63) is 29.8 Å². The Kier molecular flexibility index (Phi) is 2.91. The van der Waals surface area contributed by atoms with Crippen LogP contribution < -0.4 is 4.90 Å². The summed E-state index contributed by atoms with van der Waals surface area (Å²) < 4.78 is 0. The molecule has 0 aliphatic carbocycles. The zero-order valence-electron chi connectivity index (χ0n) is 9.31. The molecule has 0 saturated heterocycles. The number of aryl methyl sites for hydroxylation is 1. The number of para-hydroxylation sites is 1. The monoisotopic (exact) mass is 214 g/mol. The smallest absolute Gasteiger partial charge is 0.244 e. The van der Waals surface area contributed by atoms with E-state index in [9.17, 15) is 4.79 Å². The van der Waals surface area contributed by atoms with Gasteiger partial charge in [-0.2, -0.15) is 5.26 Å². The van der Waals surface area contributed by atoms with E-state index in [1.807, 2.05) is 30.3 Å². The van der Waals surface area contributed by atoms with Crippen LogP contribution >= 0.6 is 0 Å². The molecule has 3 nitrogen and oxygen atoms in total. The number of amides is 1. The van der Waals surface area contributed by atoms with Gasteiger partial charge in [0.2, 0.25) is 5.91 Å². The van der Waals surface area contributed by atoms with Gasteiger partial charge < -0.3 is 4.90 Å². The minimum atomic E-state index is -0.564. The molecule has 0 radical (unpaired) electrons. The molecule has 1 atom stereocenters. The van der Waals surface area contributed by atoms with Crippen molar-refractivity contribution in [3.63, 3.8) is 0 Å². The van der Waals surface area contributed by atoms with Crippen LogP contribution in [0.2, 0.25) is 0 Å². The van der Waals surface area contributed by atoms with Crippen LogP contribution in [0.3, 0.4) is 0 Å². The number of carbonyl (C=O) groups excluding carboxylic acids is 1. The van der Waals surface area contributed by atoms with Crippen molar-refractivity contribution in [1.29, 1.82) is 5.26 Å². The van der Waals surface area contributed by atoms with Crippen molar-refractivity contribution in [1.82, 2.24) is 0 Å². The predicted octanol–water partition coefficient (Wildman–Crippen LogP) is 2.13. The van der Waals surface area contributed by atoms with E-state index in [1.54, 1.807) is 11.8 Å². The Hall–Kier alpha value is -1.82. The summed E-state index contributed by atoms with van der Waals surface area (Å²) in [7, 11) is 0. The molecule has 16 heavy (non-hydrogen) atoms. The number of carbonyl (C=O) groups is 1. The fourth-order valence-corrected chi connectivity index (χ4v) is 2.05. The van der Waals surface area contributed by atoms with Crippen molar-refractivity contribution < 1.29 is 4.79 Å². The molecule has 82 valence electrons. The van der Waals surface area contributed by atoms with E-state index in [0.29, 0.717) is 0 Å². The molecular formula is C13H14N2O. The highest BCUT2D eigenvalue weighted by Gasteiger charge is 2.25. The Morgan fingerprint density at radius 3 is 3.00 bits per heavy atom. The van der Waals surface area contributed by atoms with E-state index in [4.69, 9.17) is 5.26 Å². The molecule has 0 fully saturated rings. The Balaban J connectivity index is 2.32. The van der Waals surface area contributed by atoms with Gasteiger partial charge in [0, 0.05) is 12.2 Å². The molecule has 1 amide bonds. The number of benzene rings is 1. The van der Waals surface area contributed by atoms with Crippen LogP contribution in [-0.4, -0.2) is 12.5 Å². The molecule has 3 heteroatoms. The van der Waals surface area contributed by atoms with E-state index < -0.39 is 5.92 Å². The van der Waals surface area contributed by atoms with Crippen molar-refractivity contribution in [2.45, 2.75) is 19.8 Å². The summed E-state index contributed by atoms with van der Waals surface area (Å²) >= 11 is 0. The first-order chi connectivity index (χ1) is 7.74. The van der Waals surface area contributed by atoms with Gasteiger partial charge in [-0.3, -0.25) is 4.79 Å². The number of rotatable bonds is 1. The minimum absolute atomic E-state index is 0.0883. The zero-order chi connectivity index (χ0) is 11.5. The van der Waals surface area contributed by atoms with E-state index in [1.165, 1.54) is 5.56 Å². The van der Waals surface area contributed by atoms with Crippen LogP contribution in [0, 0.1) is 17.2 Å². The molecular weight excluding hydrogens is 200 g/mol. The lowest BCUT2D eigenvalue weighted by atomic mass is 10.0. The SMILES string of the molecule is CC(C#N)C(=O)N1CCCc2ccccc21. The van der Waals surface area contributed by atoms with Crippen LogP contribution in [-0.2, 0) is 11.2 Å². The molecule has 0 bridgehead atoms. The standard InChI is InChI=1S/C13H14N2O/c1-10(9-14)13(16)15-8-4-6-11-5-2-3-7-12(11)15/h2-3,5,7,10H,4,6,8H2,1H3. The predicted molar refractivity (Wildman–Crippen MR) is 61.9 cm³/mol. The lowest BCUT2D eigenvalue weighted by Gasteiger charge is -2.30. The number of nitrogens with zero attached hydrogens (tertiary/aromatic N) is 2. The molecule has 1 aromatic rings. The van der Waals surface area contributed by atoms with Crippen molar-refractivity contribution in [3.8, 4) is 6.07 Å². The number of hydrogen-bond acceptors (Lipinski definition) is 2. The first-order valence-electron chi connectivity index (χ1n) is 5.53. The third kappa shape index (κ3) is 1.79. The highest BCUT2D eigenvalue weighted by atomic mass is 16.2. The van der Waals surface area contributed by atoms with Gasteiger partial charge in [-0.1, -0.05) is 18.2 Å². The Labute approximate surface area is 95.3 Å². The van der Waals surface area contributed by atoms with Crippen LogP contribution in [0.4, 0.5) is 5.69 Å². The maximum atomic E-state index is 12.0. The fourth-order valence-electron chi connectivity index (χ4n) is 2.05. The van der Waals surface area contributed by atoms with Gasteiger partial charge in [-0.05, 0) is 31.4 Å². The second kappa shape index (κ2) is 4.36. The summed E-state index contributed by atoms with van der Waals surface area (Å²) in [5.41, 5.74) is 2.17. The lowest BCUT2D eigenvalue weighted by molar-refractivity contribution is -0.120. The molecule has 1 unspecified atom stereocenters. The van der Waals surface area contributed by atoms with Crippen LogP contribution in [0.25, 0.3) is 0 Å². The fraction of sp³-hybridized carbons (Fsp3) is 0.385. The molecule has 1 aliphatic rings. The third-order valence-corrected chi connectivity index (χ3v) is 2.94. The molecule has 0 N–H and O–H groups in total. The number of hydrogen-bond donors (Lipinski definition) is 0. The largest absolute Gasteiger partial charge is 0.311 e. The number of nitriles is 1. The quantitative estimate of drug-likeness (QED) is 0.718. The van der Waals surface area contributed by atoms with Crippen LogP contribution in [0.5, 0.6) is 0 Å². The normalized spacial score (nSPS) is 16.1. The molecule has 1 aromatic carbocycles. The van der Waals surface area contributed by atoms with Crippen molar-refractivity contribution in [2.24, 2.45) is 5.92 Å². The summed E-state index contributed by atoms with van der Waals surface area (Å²) in [5.74, 6) is -0.652. The summed E-state index contributed by atoms with van der Waals surface area (Å²) in [6, 6.07) is 9.92. The second-order valence-corrected chi connectivity index (χ2v) is 4.07. The minimum Gasteiger partial charge on any atom is -0.311 e. The Morgan fingerprint density at radius 1 is 1.50 bits per heavy atom. The first kappa shape index (κ1) is 10.7. The number of fused-ring (bicyclic) bond motifs is 1. The molecule has 1 heterocycles. The molecule has 0 spiro atoms. The summed E-state index contributed by atoms with van der Waals surface area (Å²) in [6.45, 7) is 2.38. The molecule has 0 saturated carbocycles. The van der Waals surface area contributed by atoms with Crippen molar-refractivity contribution in [2.75, 3.05) is 11.4 Å². The summed E-state index contributed by atoms with van der Waals surface area (Å²) in [5, 5.41) is 8.79. The van der Waals surface area contributed by atoms with Crippen LogP contribution in [0.1, 0.15) is 18.9 Å². The van der Waals surface area contributed by atoms with Gasteiger partial charge in [0.1, 0.15) is 5.92 Å². The summed E-state index contributed by atoms with van der Waals surface area (Å²) in [4.78, 5) is 13.7. The third-order valence-electron chi connectivity index (χ3n) is 2.94. The Bertz CT molecular complexity index is 447. The maximum absolute atomic E-state index is 12.0. The first-order valence-corrected chi connectivity index (χ1v) is 5.53. The lowest BCUT2D eigenvalue weighted by Crippen LogP contribution is -2.38. The van der Waals surface area contributed by atoms with E-state index in [2.05, 4.69) is 0 Å². The zero-order valence-corrected chi connectivity index (χ0v) is 9.31. The molecule has 1 aliphatic heterocycles. The van der Waals surface area contributed by atoms with E-state index in [-0.39, 0.29) is 5.91 Å². The second-order valence-electron chi connectivity index (χ2n) is 4.07. The van der Waals surface area contributed by atoms with Gasteiger partial charge in [0.15, 0.2) is 0 Å². The summed E-state index contributed by atoms with van der Waals surface area (Å²) in [6.07, 6.45) is 1.99. The average Bonchev–Trinajstić information content (AvgIpc) is 2.36. The van der Waals surface area contributed by atoms with Gasteiger partial charge in [0.05, 0.1) is 6.07 Å². The Morgan fingerprint density at radius 2 is 2.25 bits per heavy atom. The van der Waals surface area contributed by atoms with E-state index in [0.717, 1.165) is 25.1 Å². The highest BCUT2D eigenvalue weighted by Crippen LogP contribution is 2.27. The average molecular weight is 214 g/mol. The van der Waals surface area contributed by atoms with Gasteiger partial charge >= 0.3 is 0 Å². The highest BCUT2D eigenvalue weighted by molar-refractivity contribution is 5.97. The van der Waals surface area contributed by atoms with Crippen LogP contribution in [0.15, 0.2) is 24.3 Å². The van der Waals surface area contributed by atoms with Gasteiger partial charge in [-0.25, -0.2) is 0 Å².